The monoisotopic (exact) mass is 304 g/mol. The summed E-state index contributed by atoms with van der Waals surface area (Å²) in [4.78, 5) is 16.2. The number of aryl methyl sites for hydroxylation is 1. The van der Waals surface area contributed by atoms with Crippen molar-refractivity contribution in [3.63, 3.8) is 0 Å². The van der Waals surface area contributed by atoms with E-state index in [0.29, 0.717) is 29.3 Å². The van der Waals surface area contributed by atoms with Gasteiger partial charge in [0.1, 0.15) is 17.6 Å². The number of carbonyl (C=O) groups excluding carboxylic acids is 1. The number of para-hydroxylation sites is 1. The van der Waals surface area contributed by atoms with Crippen molar-refractivity contribution in [2.45, 2.75) is 13.8 Å². The Kier molecular flexibility index (Phi) is 5.16. The Morgan fingerprint density at radius 2 is 2.32 bits per heavy atom. The first kappa shape index (κ1) is 15.6. The third kappa shape index (κ3) is 3.64. The largest absolute Gasteiger partial charge is 0.490 e. The first-order valence-corrected chi connectivity index (χ1v) is 6.63. The highest BCUT2D eigenvalue weighted by atomic mass is 17.1. The van der Waals surface area contributed by atoms with Crippen molar-refractivity contribution in [2.75, 3.05) is 11.9 Å². The molecule has 2 rings (SSSR count). The van der Waals surface area contributed by atoms with Crippen molar-refractivity contribution in [1.29, 1.82) is 0 Å². The maximum Gasteiger partial charge on any atom is 0.248 e. The van der Waals surface area contributed by atoms with E-state index in [2.05, 4.69) is 15.4 Å². The summed E-state index contributed by atoms with van der Waals surface area (Å²) in [5, 5.41) is 15.3. The van der Waals surface area contributed by atoms with Crippen LogP contribution in [0.3, 0.4) is 0 Å². The number of aromatic nitrogens is 1. The molecule has 0 saturated heterocycles. The number of nitrogens with one attached hydrogen (secondary N) is 1. The van der Waals surface area contributed by atoms with Crippen LogP contribution < -0.4 is 14.9 Å². The van der Waals surface area contributed by atoms with Gasteiger partial charge in [0.2, 0.25) is 11.7 Å². The number of carbonyl (C=O) groups is 1. The summed E-state index contributed by atoms with van der Waals surface area (Å²) in [5.41, 5.74) is 1.58. The van der Waals surface area contributed by atoms with E-state index in [-0.39, 0.29) is 11.7 Å². The summed E-state index contributed by atoms with van der Waals surface area (Å²) in [6.07, 6.45) is 4.16. The van der Waals surface area contributed by atoms with Crippen LogP contribution in [-0.2, 0) is 4.79 Å². The molecule has 0 bridgehead atoms. The predicted molar refractivity (Wildman–Crippen MR) is 79.8 cm³/mol. The molecule has 0 saturated carbocycles. The second-order valence-electron chi connectivity index (χ2n) is 4.34. The van der Waals surface area contributed by atoms with Gasteiger partial charge in [-0.1, -0.05) is 17.3 Å². The van der Waals surface area contributed by atoms with Crippen molar-refractivity contribution >= 4 is 17.7 Å². The molecule has 22 heavy (non-hydrogen) atoms. The molecule has 0 aliphatic heterocycles. The van der Waals surface area contributed by atoms with Gasteiger partial charge in [-0.15, -0.1) is 0 Å². The van der Waals surface area contributed by atoms with Crippen molar-refractivity contribution in [2.24, 2.45) is 0 Å². The Labute approximate surface area is 127 Å². The van der Waals surface area contributed by atoms with Crippen LogP contribution >= 0.6 is 0 Å². The molecule has 1 amide bonds. The second kappa shape index (κ2) is 7.28. The van der Waals surface area contributed by atoms with E-state index in [1.54, 1.807) is 25.1 Å². The molecule has 2 N–H and O–H groups in total. The lowest BCUT2D eigenvalue weighted by molar-refractivity contribution is -0.139. The molecule has 0 aliphatic rings. The zero-order chi connectivity index (χ0) is 15.9. The number of hydrogen-bond donors (Lipinski definition) is 2. The van der Waals surface area contributed by atoms with Gasteiger partial charge in [0.15, 0.2) is 5.75 Å². The minimum atomic E-state index is -0.364. The van der Waals surface area contributed by atoms with Crippen molar-refractivity contribution in [3.8, 4) is 11.5 Å². The average Bonchev–Trinajstić information content (AvgIpc) is 2.91. The minimum Gasteiger partial charge on any atom is -0.490 e. The summed E-state index contributed by atoms with van der Waals surface area (Å²) >= 11 is 0. The van der Waals surface area contributed by atoms with Gasteiger partial charge in [-0.3, -0.25) is 4.79 Å². The Bertz CT molecular complexity index is 678. The Balaban J connectivity index is 2.14. The van der Waals surface area contributed by atoms with Crippen molar-refractivity contribution in [3.05, 3.63) is 41.8 Å². The number of rotatable bonds is 6. The number of nitrogens with zero attached hydrogens (tertiary/aromatic N) is 1. The van der Waals surface area contributed by atoms with Crippen molar-refractivity contribution < 1.29 is 24.2 Å². The van der Waals surface area contributed by atoms with E-state index in [9.17, 15) is 4.79 Å². The molecule has 1 aromatic carbocycles. The highest BCUT2D eigenvalue weighted by molar-refractivity contribution is 6.02. The highest BCUT2D eigenvalue weighted by Gasteiger charge is 2.10. The lowest BCUT2D eigenvalue weighted by Gasteiger charge is -2.09. The number of anilines is 1. The van der Waals surface area contributed by atoms with Crippen LogP contribution in [0.15, 0.2) is 35.1 Å². The van der Waals surface area contributed by atoms with E-state index in [0.717, 1.165) is 0 Å². The van der Waals surface area contributed by atoms with Crippen LogP contribution in [0.1, 0.15) is 18.2 Å². The molecular weight excluding hydrogens is 288 g/mol. The topological polar surface area (TPSA) is 93.8 Å². The molecule has 0 aliphatic carbocycles. The molecule has 2 aromatic rings. The third-order valence-electron chi connectivity index (χ3n) is 2.82. The third-order valence-corrected chi connectivity index (χ3v) is 2.82. The number of amides is 1. The predicted octanol–water partition coefficient (Wildman–Crippen LogP) is 2.89. The van der Waals surface area contributed by atoms with Gasteiger partial charge in [0.25, 0.3) is 0 Å². The Morgan fingerprint density at radius 1 is 1.50 bits per heavy atom. The summed E-state index contributed by atoms with van der Waals surface area (Å²) in [5.74, 6) is 0.175. The first-order valence-electron chi connectivity index (χ1n) is 6.63. The zero-order valence-corrected chi connectivity index (χ0v) is 12.2. The molecule has 0 radical (unpaired) electrons. The number of ether oxygens (including phenoxy) is 1. The molecule has 116 valence electrons. The maximum absolute atomic E-state index is 11.8. The van der Waals surface area contributed by atoms with Gasteiger partial charge in [0, 0.05) is 11.6 Å². The van der Waals surface area contributed by atoms with Gasteiger partial charge in [-0.25, -0.2) is 5.26 Å². The van der Waals surface area contributed by atoms with Gasteiger partial charge in [-0.05, 0) is 26.0 Å². The maximum atomic E-state index is 11.8. The second-order valence-corrected chi connectivity index (χ2v) is 4.34. The average molecular weight is 304 g/mol. The summed E-state index contributed by atoms with van der Waals surface area (Å²) in [6.45, 7) is 3.96. The Hall–Kier alpha value is -2.80. The van der Waals surface area contributed by atoms with Crippen LogP contribution in [0.2, 0.25) is 0 Å². The Morgan fingerprint density at radius 3 is 2.95 bits per heavy atom. The molecule has 0 spiro atoms. The van der Waals surface area contributed by atoms with E-state index >= 15 is 0 Å². The van der Waals surface area contributed by atoms with Gasteiger partial charge < -0.3 is 19.5 Å². The molecule has 1 aromatic heterocycles. The fourth-order valence-corrected chi connectivity index (χ4v) is 1.78. The molecule has 0 fully saturated rings. The van der Waals surface area contributed by atoms with Crippen LogP contribution in [0.4, 0.5) is 5.69 Å². The standard InChI is InChI=1S/C15H16N2O5/c1-3-20-13-6-4-5-11(15(13)22-19)7-8-14(18)16-12-9-21-17-10(12)2/h4-9,19H,3H2,1-2H3,(H,16,18)/b8-7+. The molecule has 1 heterocycles. The smallest absolute Gasteiger partial charge is 0.248 e. The quantitative estimate of drug-likeness (QED) is 0.484. The van der Waals surface area contributed by atoms with Crippen LogP contribution in [0.5, 0.6) is 11.5 Å². The molecular formula is C15H16N2O5. The van der Waals surface area contributed by atoms with E-state index in [4.69, 9.17) is 14.5 Å². The minimum absolute atomic E-state index is 0.148. The normalized spacial score (nSPS) is 10.7. The lowest BCUT2D eigenvalue weighted by Crippen LogP contribution is -2.08. The lowest BCUT2D eigenvalue weighted by atomic mass is 10.1. The van der Waals surface area contributed by atoms with E-state index in [1.165, 1.54) is 18.4 Å². The van der Waals surface area contributed by atoms with E-state index in [1.807, 2.05) is 6.92 Å². The number of hydrogen-bond acceptors (Lipinski definition) is 6. The van der Waals surface area contributed by atoms with E-state index < -0.39 is 0 Å². The van der Waals surface area contributed by atoms with Crippen LogP contribution in [0, 0.1) is 6.92 Å². The van der Waals surface area contributed by atoms with Gasteiger partial charge in [0.05, 0.1) is 6.61 Å². The summed E-state index contributed by atoms with van der Waals surface area (Å²) in [7, 11) is 0. The molecule has 7 nitrogen and oxygen atoms in total. The van der Waals surface area contributed by atoms with Gasteiger partial charge in [-0.2, -0.15) is 0 Å². The fourth-order valence-electron chi connectivity index (χ4n) is 1.78. The molecule has 0 unspecified atom stereocenters. The number of benzene rings is 1. The first-order chi connectivity index (χ1) is 10.7. The van der Waals surface area contributed by atoms with Crippen LogP contribution in [-0.4, -0.2) is 22.9 Å². The molecule has 0 atom stereocenters. The van der Waals surface area contributed by atoms with Crippen LogP contribution in [0.25, 0.3) is 6.08 Å². The van der Waals surface area contributed by atoms with Crippen molar-refractivity contribution in [1.82, 2.24) is 5.16 Å². The zero-order valence-electron chi connectivity index (χ0n) is 12.2. The molecule has 7 heteroatoms. The SMILES string of the molecule is CCOc1cccc(/C=C/C(=O)Nc2conc2C)c1OO. The summed E-state index contributed by atoms with van der Waals surface area (Å²) in [6, 6.07) is 5.07. The highest BCUT2D eigenvalue weighted by Crippen LogP contribution is 2.31. The summed E-state index contributed by atoms with van der Waals surface area (Å²) < 4.78 is 10.1. The van der Waals surface area contributed by atoms with Gasteiger partial charge >= 0.3 is 0 Å². The fraction of sp³-hybridized carbons (Fsp3) is 0.200.